The van der Waals surface area contributed by atoms with Gasteiger partial charge in [-0.15, -0.1) is 0 Å². The van der Waals surface area contributed by atoms with Gasteiger partial charge in [0.05, 0.1) is 32.4 Å². The zero-order valence-corrected chi connectivity index (χ0v) is 23.0. The number of aryl methyl sites for hydroxylation is 1. The van der Waals surface area contributed by atoms with Gasteiger partial charge in [-0.25, -0.2) is 17.7 Å². The molecule has 1 amide bonds. The van der Waals surface area contributed by atoms with E-state index in [-0.39, 0.29) is 30.7 Å². The molecule has 10 nitrogen and oxygen atoms in total. The van der Waals surface area contributed by atoms with Crippen LogP contribution in [0.1, 0.15) is 35.7 Å². The average Bonchev–Trinajstić information content (AvgIpc) is 3.31. The molecule has 0 spiro atoms. The summed E-state index contributed by atoms with van der Waals surface area (Å²) < 4.78 is 71.4. The normalized spacial score (nSPS) is 21.6. The molecule has 3 heterocycles. The lowest BCUT2D eigenvalue weighted by Gasteiger charge is -2.45. The summed E-state index contributed by atoms with van der Waals surface area (Å²) in [5, 5.41) is 0. The summed E-state index contributed by atoms with van der Waals surface area (Å²) in [4.78, 5) is 35.0. The SMILES string of the molecule is COc1cc(/C=C2\CC[C@H]3COC[C@@H](c4cc(F)c(F)c(F)c4)N3C2=O)ccc1-[n+]1cc(C)n(COP(=O)([O-])O)c1. The van der Waals surface area contributed by atoms with Crippen molar-refractivity contribution in [3.05, 3.63) is 82.7 Å². The number of imidazole rings is 1. The van der Waals surface area contributed by atoms with Gasteiger partial charge in [-0.05, 0) is 54.3 Å². The van der Waals surface area contributed by atoms with E-state index < -0.39 is 38.0 Å². The van der Waals surface area contributed by atoms with Crippen molar-refractivity contribution in [2.75, 3.05) is 20.3 Å². The van der Waals surface area contributed by atoms with E-state index in [1.807, 2.05) is 0 Å². The van der Waals surface area contributed by atoms with Crippen molar-refractivity contribution in [2.24, 2.45) is 0 Å². The van der Waals surface area contributed by atoms with Crippen LogP contribution in [0.5, 0.6) is 5.75 Å². The highest BCUT2D eigenvalue weighted by Crippen LogP contribution is 2.37. The van der Waals surface area contributed by atoms with Crippen molar-refractivity contribution in [1.82, 2.24) is 9.47 Å². The Kier molecular flexibility index (Phi) is 8.09. The third kappa shape index (κ3) is 6.09. The monoisotopic (exact) mass is 593 g/mol. The number of phosphoric ester groups is 1. The highest BCUT2D eigenvalue weighted by atomic mass is 31.2. The molecule has 0 saturated carbocycles. The molecule has 1 N–H and O–H groups in total. The van der Waals surface area contributed by atoms with Crippen LogP contribution in [0.25, 0.3) is 11.8 Å². The maximum atomic E-state index is 14.0. The van der Waals surface area contributed by atoms with Crippen molar-refractivity contribution in [3.63, 3.8) is 0 Å². The van der Waals surface area contributed by atoms with Crippen molar-refractivity contribution >= 4 is 19.8 Å². The summed E-state index contributed by atoms with van der Waals surface area (Å²) in [7, 11) is -3.41. The number of hydrogen-bond acceptors (Lipinski definition) is 6. The molecule has 2 fully saturated rings. The predicted octanol–water partition coefficient (Wildman–Crippen LogP) is 3.08. The number of nitrogens with zero attached hydrogens (tertiary/aromatic N) is 3. The Morgan fingerprint density at radius 1 is 1.22 bits per heavy atom. The molecule has 0 radical (unpaired) electrons. The Morgan fingerprint density at radius 3 is 2.63 bits per heavy atom. The van der Waals surface area contributed by atoms with Crippen LogP contribution in [0, 0.1) is 24.4 Å². The molecule has 218 valence electrons. The highest BCUT2D eigenvalue weighted by Gasteiger charge is 2.40. The van der Waals surface area contributed by atoms with E-state index in [0.29, 0.717) is 41.1 Å². The summed E-state index contributed by atoms with van der Waals surface area (Å²) in [5.41, 5.74) is 2.55. The molecule has 2 saturated heterocycles. The maximum absolute atomic E-state index is 14.0. The number of fused-ring (bicyclic) bond motifs is 1. The van der Waals surface area contributed by atoms with Gasteiger partial charge in [-0.2, -0.15) is 4.57 Å². The summed E-state index contributed by atoms with van der Waals surface area (Å²) in [6.07, 6.45) is 6.05. The number of aromatic nitrogens is 2. The van der Waals surface area contributed by atoms with E-state index in [0.717, 1.165) is 12.1 Å². The Morgan fingerprint density at radius 2 is 1.95 bits per heavy atom. The summed E-state index contributed by atoms with van der Waals surface area (Å²) in [5.74, 6) is -4.07. The third-order valence-electron chi connectivity index (χ3n) is 7.19. The fourth-order valence-corrected chi connectivity index (χ4v) is 5.43. The molecule has 3 atom stereocenters. The maximum Gasteiger partial charge on any atom is 0.268 e. The van der Waals surface area contributed by atoms with Gasteiger partial charge < -0.3 is 24.2 Å². The number of hydrogen-bond donors (Lipinski definition) is 1. The lowest BCUT2D eigenvalue weighted by Crippen LogP contribution is -2.53. The number of benzene rings is 2. The number of phosphoric acid groups is 1. The lowest BCUT2D eigenvalue weighted by atomic mass is 9.91. The molecule has 2 aliphatic heterocycles. The van der Waals surface area contributed by atoms with Crippen LogP contribution in [0.2, 0.25) is 0 Å². The van der Waals surface area contributed by atoms with Gasteiger partial charge in [-0.1, -0.05) is 6.07 Å². The van der Waals surface area contributed by atoms with Gasteiger partial charge in [0.1, 0.15) is 11.9 Å². The number of rotatable bonds is 7. The van der Waals surface area contributed by atoms with Crippen LogP contribution in [0.4, 0.5) is 13.2 Å². The fourth-order valence-electron chi connectivity index (χ4n) is 5.16. The molecule has 5 rings (SSSR count). The average molecular weight is 593 g/mol. The summed E-state index contributed by atoms with van der Waals surface area (Å²) in [6, 6.07) is 6.00. The lowest BCUT2D eigenvalue weighted by molar-refractivity contribution is -0.596. The van der Waals surface area contributed by atoms with E-state index >= 15 is 0 Å². The van der Waals surface area contributed by atoms with Crippen molar-refractivity contribution < 1.29 is 50.9 Å². The second-order valence-corrected chi connectivity index (χ2v) is 11.0. The first-order valence-corrected chi connectivity index (χ1v) is 14.1. The Hall–Kier alpha value is -3.48. The molecular formula is C27H27F3N3O7P. The number of ether oxygens (including phenoxy) is 2. The minimum absolute atomic E-state index is 0.0224. The van der Waals surface area contributed by atoms with Gasteiger partial charge in [-0.3, -0.25) is 13.9 Å². The predicted molar refractivity (Wildman–Crippen MR) is 136 cm³/mol. The molecular weight excluding hydrogens is 566 g/mol. The molecule has 2 aliphatic rings. The molecule has 0 bridgehead atoms. The Bertz CT molecular complexity index is 1550. The number of halogens is 3. The van der Waals surface area contributed by atoms with Gasteiger partial charge in [0.2, 0.25) is 0 Å². The van der Waals surface area contributed by atoms with E-state index in [2.05, 4.69) is 4.52 Å². The van der Waals surface area contributed by atoms with Crippen molar-refractivity contribution in [3.8, 4) is 11.4 Å². The van der Waals surface area contributed by atoms with Crippen LogP contribution < -0.4 is 14.2 Å². The molecule has 3 aromatic rings. The zero-order chi connectivity index (χ0) is 29.5. The fraction of sp³-hybridized carbons (Fsp3) is 0.333. The van der Waals surface area contributed by atoms with Gasteiger partial charge in [0.15, 0.2) is 35.6 Å². The number of amides is 1. The summed E-state index contributed by atoms with van der Waals surface area (Å²) in [6.45, 7) is 1.63. The first-order chi connectivity index (χ1) is 19.4. The number of carbonyl (C=O) groups is 1. The first kappa shape index (κ1) is 29.0. The van der Waals surface area contributed by atoms with Crippen LogP contribution in [-0.2, 0) is 25.4 Å². The number of piperidine rings is 1. The standard InChI is InChI=1S/C27H27F3N3O7P/c1-16-11-31(14-32(16)15-40-41(35,36)37)23-6-3-17(8-25(23)38-2)7-18-4-5-20-12-39-13-24(33(20)27(18)34)19-9-21(28)26(30)22(29)10-19/h3,6-11,14,20,24H,4-5,12-13,15H2,1-2H3,(H-,35,36,37)/b18-7+/t20-,24-/m0/s1. The smallest absolute Gasteiger partial charge is 0.268 e. The van der Waals surface area contributed by atoms with E-state index in [9.17, 15) is 27.4 Å². The van der Waals surface area contributed by atoms with Crippen molar-refractivity contribution in [1.29, 1.82) is 0 Å². The van der Waals surface area contributed by atoms with E-state index in [1.54, 1.807) is 53.2 Å². The molecule has 14 heteroatoms. The largest absolute Gasteiger partial charge is 0.756 e. The van der Waals surface area contributed by atoms with Crippen LogP contribution in [0.15, 0.2) is 48.4 Å². The van der Waals surface area contributed by atoms with Gasteiger partial charge in [0, 0.05) is 12.5 Å². The van der Waals surface area contributed by atoms with Crippen LogP contribution in [0.3, 0.4) is 0 Å². The minimum atomic E-state index is -4.89. The van der Waals surface area contributed by atoms with E-state index in [4.69, 9.17) is 14.4 Å². The number of morpholine rings is 1. The zero-order valence-electron chi connectivity index (χ0n) is 22.1. The minimum Gasteiger partial charge on any atom is -0.756 e. The van der Waals surface area contributed by atoms with Gasteiger partial charge in [0.25, 0.3) is 20.1 Å². The number of methoxy groups -OCH3 is 1. The molecule has 41 heavy (non-hydrogen) atoms. The topological polar surface area (TPSA) is 117 Å². The van der Waals surface area contributed by atoms with Crippen LogP contribution >= 0.6 is 7.82 Å². The summed E-state index contributed by atoms with van der Waals surface area (Å²) >= 11 is 0. The molecule has 0 aliphatic carbocycles. The third-order valence-corrected chi connectivity index (χ3v) is 7.63. The second kappa shape index (κ2) is 11.4. The second-order valence-electron chi connectivity index (χ2n) is 9.85. The molecule has 2 aromatic carbocycles. The Balaban J connectivity index is 1.41. The van der Waals surface area contributed by atoms with Crippen LogP contribution in [-0.4, -0.2) is 46.6 Å². The highest BCUT2D eigenvalue weighted by molar-refractivity contribution is 7.44. The van der Waals surface area contributed by atoms with Gasteiger partial charge >= 0.3 is 0 Å². The molecule has 1 unspecified atom stereocenters. The van der Waals surface area contributed by atoms with E-state index in [1.165, 1.54) is 11.7 Å². The quantitative estimate of drug-likeness (QED) is 0.194. The van der Waals surface area contributed by atoms with Crippen molar-refractivity contribution in [2.45, 2.75) is 38.6 Å². The molecule has 1 aromatic heterocycles. The number of carbonyl (C=O) groups excluding carboxylic acids is 1. The first-order valence-electron chi connectivity index (χ1n) is 12.7. The Labute approximate surface area is 233 Å².